The van der Waals surface area contributed by atoms with Crippen molar-refractivity contribution in [1.82, 2.24) is 15.2 Å². The standard InChI is InChI=1S/C18H13N3O4/c22-14-5-4-13(16(23)20-14)21-17(24)12-3-1-2-11(15(12)18(21)25)10-6-8-19-9-7-10/h1-3,6-9,13H,4-5H2,(H,20,22,23). The van der Waals surface area contributed by atoms with E-state index < -0.39 is 29.7 Å². The number of piperidine rings is 1. The van der Waals surface area contributed by atoms with Crippen molar-refractivity contribution in [2.45, 2.75) is 18.9 Å². The third-order valence-electron chi connectivity index (χ3n) is 4.46. The molecule has 0 radical (unpaired) electrons. The summed E-state index contributed by atoms with van der Waals surface area (Å²) in [7, 11) is 0. The Labute approximate surface area is 142 Å². The van der Waals surface area contributed by atoms with Gasteiger partial charge in [-0.25, -0.2) is 0 Å². The summed E-state index contributed by atoms with van der Waals surface area (Å²) in [5.74, 6) is -2.03. The van der Waals surface area contributed by atoms with Crippen molar-refractivity contribution in [2.24, 2.45) is 0 Å². The first-order valence-electron chi connectivity index (χ1n) is 7.83. The van der Waals surface area contributed by atoms with Crippen molar-refractivity contribution in [3.8, 4) is 11.1 Å². The molecule has 1 aromatic heterocycles. The lowest BCUT2D eigenvalue weighted by Gasteiger charge is -2.27. The van der Waals surface area contributed by atoms with Gasteiger partial charge in [0.1, 0.15) is 6.04 Å². The van der Waals surface area contributed by atoms with Gasteiger partial charge in [-0.1, -0.05) is 12.1 Å². The number of carbonyl (C=O) groups is 4. The largest absolute Gasteiger partial charge is 0.295 e. The number of benzene rings is 1. The van der Waals surface area contributed by atoms with E-state index in [1.54, 1.807) is 42.7 Å². The Balaban J connectivity index is 1.78. The normalized spacial score (nSPS) is 19.8. The highest BCUT2D eigenvalue weighted by Gasteiger charge is 2.45. The molecule has 2 aliphatic rings. The number of nitrogens with zero attached hydrogens (tertiary/aromatic N) is 2. The zero-order valence-electron chi connectivity index (χ0n) is 13.1. The first-order valence-corrected chi connectivity index (χ1v) is 7.83. The van der Waals surface area contributed by atoms with Crippen molar-refractivity contribution in [2.75, 3.05) is 0 Å². The summed E-state index contributed by atoms with van der Waals surface area (Å²) in [5.41, 5.74) is 1.93. The van der Waals surface area contributed by atoms with Crippen LogP contribution in [0.2, 0.25) is 0 Å². The molecule has 0 spiro atoms. The van der Waals surface area contributed by atoms with E-state index in [0.29, 0.717) is 5.56 Å². The third-order valence-corrected chi connectivity index (χ3v) is 4.46. The molecule has 1 unspecified atom stereocenters. The molecule has 7 heteroatoms. The molecule has 25 heavy (non-hydrogen) atoms. The molecule has 3 heterocycles. The number of hydrogen-bond donors (Lipinski definition) is 1. The molecular weight excluding hydrogens is 322 g/mol. The molecule has 0 saturated carbocycles. The predicted octanol–water partition coefficient (Wildman–Crippen LogP) is 1.15. The Hall–Kier alpha value is -3.35. The Bertz CT molecular complexity index is 923. The van der Waals surface area contributed by atoms with Crippen LogP contribution in [-0.4, -0.2) is 39.6 Å². The molecule has 1 fully saturated rings. The first kappa shape index (κ1) is 15.2. The summed E-state index contributed by atoms with van der Waals surface area (Å²) in [6, 6.07) is 7.58. The second kappa shape index (κ2) is 5.62. The molecule has 4 amide bonds. The van der Waals surface area contributed by atoms with Crippen molar-refractivity contribution in [3.63, 3.8) is 0 Å². The van der Waals surface area contributed by atoms with Crippen LogP contribution in [0.3, 0.4) is 0 Å². The van der Waals surface area contributed by atoms with Gasteiger partial charge in [0.15, 0.2) is 0 Å². The summed E-state index contributed by atoms with van der Waals surface area (Å²) in [4.78, 5) is 54.1. The minimum atomic E-state index is -0.963. The number of amides is 4. The highest BCUT2D eigenvalue weighted by molar-refractivity contribution is 6.25. The molecule has 124 valence electrons. The predicted molar refractivity (Wildman–Crippen MR) is 86.3 cm³/mol. The zero-order chi connectivity index (χ0) is 17.6. The van der Waals surface area contributed by atoms with Crippen molar-refractivity contribution < 1.29 is 19.2 Å². The Morgan fingerprint density at radius 1 is 0.960 bits per heavy atom. The Morgan fingerprint density at radius 3 is 2.40 bits per heavy atom. The van der Waals surface area contributed by atoms with E-state index >= 15 is 0 Å². The van der Waals surface area contributed by atoms with Crippen LogP contribution in [0.5, 0.6) is 0 Å². The number of rotatable bonds is 2. The number of pyridine rings is 1. The molecule has 1 aromatic carbocycles. The lowest BCUT2D eigenvalue weighted by atomic mass is 9.97. The van der Waals surface area contributed by atoms with Crippen LogP contribution in [0.1, 0.15) is 33.6 Å². The fraction of sp³-hybridized carbons (Fsp3) is 0.167. The van der Waals surface area contributed by atoms with E-state index in [9.17, 15) is 19.2 Å². The van der Waals surface area contributed by atoms with Crippen LogP contribution < -0.4 is 5.32 Å². The van der Waals surface area contributed by atoms with Gasteiger partial charge in [-0.2, -0.15) is 0 Å². The molecule has 0 aliphatic carbocycles. The first-order chi connectivity index (χ1) is 12.1. The van der Waals surface area contributed by atoms with Gasteiger partial charge in [-0.15, -0.1) is 0 Å². The summed E-state index contributed by atoms with van der Waals surface area (Å²) in [5, 5.41) is 2.19. The number of hydrogen-bond acceptors (Lipinski definition) is 5. The Kier molecular flexibility index (Phi) is 3.42. The van der Waals surface area contributed by atoms with Crippen LogP contribution in [0.15, 0.2) is 42.7 Å². The highest BCUT2D eigenvalue weighted by Crippen LogP contribution is 2.34. The maximum Gasteiger partial charge on any atom is 0.262 e. The van der Waals surface area contributed by atoms with E-state index in [0.717, 1.165) is 10.5 Å². The fourth-order valence-corrected chi connectivity index (χ4v) is 3.29. The summed E-state index contributed by atoms with van der Waals surface area (Å²) >= 11 is 0. The van der Waals surface area contributed by atoms with Gasteiger partial charge in [0.2, 0.25) is 11.8 Å². The smallest absolute Gasteiger partial charge is 0.262 e. The van der Waals surface area contributed by atoms with Crippen LogP contribution in [-0.2, 0) is 9.59 Å². The summed E-state index contributed by atoms with van der Waals surface area (Å²) in [6.07, 6.45) is 3.45. The van der Waals surface area contributed by atoms with Gasteiger partial charge in [-0.3, -0.25) is 34.4 Å². The summed E-state index contributed by atoms with van der Waals surface area (Å²) < 4.78 is 0. The van der Waals surface area contributed by atoms with Gasteiger partial charge < -0.3 is 0 Å². The lowest BCUT2D eigenvalue weighted by Crippen LogP contribution is -2.54. The quantitative estimate of drug-likeness (QED) is 0.831. The fourth-order valence-electron chi connectivity index (χ4n) is 3.29. The third kappa shape index (κ3) is 2.32. The average molecular weight is 335 g/mol. The van der Waals surface area contributed by atoms with E-state index in [1.807, 2.05) is 0 Å². The maximum absolute atomic E-state index is 13.0. The van der Waals surface area contributed by atoms with Crippen molar-refractivity contribution in [3.05, 3.63) is 53.9 Å². The van der Waals surface area contributed by atoms with Crippen LogP contribution in [0, 0.1) is 0 Å². The van der Waals surface area contributed by atoms with E-state index in [-0.39, 0.29) is 24.0 Å². The number of fused-ring (bicyclic) bond motifs is 1. The lowest BCUT2D eigenvalue weighted by molar-refractivity contribution is -0.136. The van der Waals surface area contributed by atoms with E-state index in [1.165, 1.54) is 0 Å². The molecular formula is C18H13N3O4. The molecule has 2 aromatic rings. The molecule has 0 bridgehead atoms. The minimum Gasteiger partial charge on any atom is -0.295 e. The molecule has 1 saturated heterocycles. The van der Waals surface area contributed by atoms with Gasteiger partial charge in [-0.05, 0) is 35.7 Å². The number of aromatic nitrogens is 1. The van der Waals surface area contributed by atoms with Crippen LogP contribution in [0.4, 0.5) is 0 Å². The SMILES string of the molecule is O=C1CCC(N2C(=O)c3cccc(-c4ccncc4)c3C2=O)C(=O)N1. The molecule has 7 nitrogen and oxygen atoms in total. The van der Waals surface area contributed by atoms with Crippen LogP contribution in [0.25, 0.3) is 11.1 Å². The average Bonchev–Trinajstić information content (AvgIpc) is 2.87. The number of carbonyl (C=O) groups excluding carboxylic acids is 4. The van der Waals surface area contributed by atoms with Crippen LogP contribution >= 0.6 is 0 Å². The maximum atomic E-state index is 13.0. The topological polar surface area (TPSA) is 96.4 Å². The van der Waals surface area contributed by atoms with E-state index in [2.05, 4.69) is 10.3 Å². The summed E-state index contributed by atoms with van der Waals surface area (Å²) in [6.45, 7) is 0. The van der Waals surface area contributed by atoms with Gasteiger partial charge >= 0.3 is 0 Å². The molecule has 1 atom stereocenters. The van der Waals surface area contributed by atoms with Crippen molar-refractivity contribution in [1.29, 1.82) is 0 Å². The van der Waals surface area contributed by atoms with E-state index in [4.69, 9.17) is 0 Å². The van der Waals surface area contributed by atoms with Gasteiger partial charge in [0, 0.05) is 18.8 Å². The number of imide groups is 2. The molecule has 2 aliphatic heterocycles. The monoisotopic (exact) mass is 335 g/mol. The molecule has 1 N–H and O–H groups in total. The zero-order valence-corrected chi connectivity index (χ0v) is 13.1. The second-order valence-electron chi connectivity index (χ2n) is 5.91. The second-order valence-corrected chi connectivity index (χ2v) is 5.91. The molecule has 4 rings (SSSR count). The van der Waals surface area contributed by atoms with Gasteiger partial charge in [0.05, 0.1) is 11.1 Å². The highest BCUT2D eigenvalue weighted by atomic mass is 16.2. The van der Waals surface area contributed by atoms with Crippen molar-refractivity contribution >= 4 is 23.6 Å². The number of nitrogens with one attached hydrogen (secondary N) is 1. The Morgan fingerprint density at radius 2 is 1.68 bits per heavy atom. The van der Waals surface area contributed by atoms with Gasteiger partial charge in [0.25, 0.3) is 11.8 Å². The minimum absolute atomic E-state index is 0.0982.